The van der Waals surface area contributed by atoms with Crippen LogP contribution in [-0.2, 0) is 0 Å². The summed E-state index contributed by atoms with van der Waals surface area (Å²) >= 11 is 0. The van der Waals surface area contributed by atoms with Gasteiger partial charge in [0.15, 0.2) is 0 Å². The van der Waals surface area contributed by atoms with E-state index in [2.05, 4.69) is 151 Å². The second-order valence-corrected chi connectivity index (χ2v) is 10.1. The van der Waals surface area contributed by atoms with Gasteiger partial charge in [-0.05, 0) is 96.2 Å². The van der Waals surface area contributed by atoms with Crippen molar-refractivity contribution >= 4 is 11.1 Å². The van der Waals surface area contributed by atoms with Crippen LogP contribution in [0.25, 0.3) is 11.1 Å². The van der Waals surface area contributed by atoms with Gasteiger partial charge in [0.1, 0.15) is 0 Å². The lowest BCUT2D eigenvalue weighted by atomic mass is 9.79. The maximum absolute atomic E-state index is 2.50. The van der Waals surface area contributed by atoms with Crippen LogP contribution in [0, 0.1) is 27.7 Å². The molecule has 2 atom stereocenters. The van der Waals surface area contributed by atoms with Crippen LogP contribution in [0.1, 0.15) is 70.2 Å². The summed E-state index contributed by atoms with van der Waals surface area (Å²) < 4.78 is 0. The number of allylic oxidation sites excluding steroid dienone is 4. The number of benzene rings is 4. The zero-order valence-electron chi connectivity index (χ0n) is 22.5. The van der Waals surface area contributed by atoms with Crippen molar-refractivity contribution in [3.63, 3.8) is 0 Å². The first-order valence-electron chi connectivity index (χ1n) is 13.0. The quantitative estimate of drug-likeness (QED) is 0.252. The molecule has 4 aromatic rings. The Kier molecular flexibility index (Phi) is 8.06. The van der Waals surface area contributed by atoms with Gasteiger partial charge in [-0.25, -0.2) is 0 Å². The molecule has 0 aliphatic heterocycles. The fraction of sp³-hybridized carbons (Fsp3) is 0.222. The molecule has 4 aromatic carbocycles. The average molecular weight is 471 g/mol. The lowest BCUT2D eigenvalue weighted by molar-refractivity contribution is 0.939. The van der Waals surface area contributed by atoms with Crippen LogP contribution in [0.2, 0.25) is 0 Å². The molecule has 0 saturated heterocycles. The summed E-state index contributed by atoms with van der Waals surface area (Å²) in [7, 11) is 0. The predicted molar refractivity (Wildman–Crippen MR) is 157 cm³/mol. The first-order valence-corrected chi connectivity index (χ1v) is 13.0. The summed E-state index contributed by atoms with van der Waals surface area (Å²) in [5, 5.41) is 0. The molecule has 0 saturated carbocycles. The van der Waals surface area contributed by atoms with E-state index in [4.69, 9.17) is 0 Å². The standard InChI is InChI=1S/C36H38/c1-25-15-7-11-19-31(25)29(5)23-35(33-21-13-9-17-27(33)3)36(34-22-14-10-18-28(34)4)24-30(6)32-20-12-8-16-26(32)2/h7-24,29,36H,1-6H3. The fourth-order valence-corrected chi connectivity index (χ4v) is 5.35. The molecule has 0 aliphatic rings. The van der Waals surface area contributed by atoms with Crippen molar-refractivity contribution in [2.45, 2.75) is 53.4 Å². The van der Waals surface area contributed by atoms with Gasteiger partial charge in [-0.2, -0.15) is 0 Å². The molecular weight excluding hydrogens is 432 g/mol. The summed E-state index contributed by atoms with van der Waals surface area (Å²) in [6, 6.07) is 35.1. The number of hydrogen-bond donors (Lipinski definition) is 0. The van der Waals surface area contributed by atoms with Crippen molar-refractivity contribution in [1.29, 1.82) is 0 Å². The molecule has 36 heavy (non-hydrogen) atoms. The minimum absolute atomic E-state index is 0.137. The molecule has 0 fully saturated rings. The lowest BCUT2D eigenvalue weighted by Gasteiger charge is -2.25. The molecule has 0 heterocycles. The largest absolute Gasteiger partial charge is 0.0725 e. The third-order valence-corrected chi connectivity index (χ3v) is 7.41. The Morgan fingerprint density at radius 2 is 0.972 bits per heavy atom. The average Bonchev–Trinajstić information content (AvgIpc) is 2.87. The molecular formula is C36H38. The number of rotatable bonds is 7. The minimum Gasteiger partial charge on any atom is -0.0725 e. The molecule has 0 aliphatic carbocycles. The summed E-state index contributed by atoms with van der Waals surface area (Å²) in [4.78, 5) is 0. The Labute approximate surface area is 218 Å². The van der Waals surface area contributed by atoms with Crippen LogP contribution in [0.5, 0.6) is 0 Å². The predicted octanol–water partition coefficient (Wildman–Crippen LogP) is 9.99. The van der Waals surface area contributed by atoms with Crippen LogP contribution in [0.4, 0.5) is 0 Å². The van der Waals surface area contributed by atoms with Crippen molar-refractivity contribution in [2.24, 2.45) is 0 Å². The van der Waals surface area contributed by atoms with Crippen molar-refractivity contribution in [2.75, 3.05) is 0 Å². The van der Waals surface area contributed by atoms with Gasteiger partial charge in [0.05, 0.1) is 0 Å². The first-order chi connectivity index (χ1) is 17.4. The maximum atomic E-state index is 2.50. The van der Waals surface area contributed by atoms with Crippen LogP contribution in [0.15, 0.2) is 109 Å². The van der Waals surface area contributed by atoms with Gasteiger partial charge < -0.3 is 0 Å². The monoisotopic (exact) mass is 470 g/mol. The Bertz CT molecular complexity index is 1400. The van der Waals surface area contributed by atoms with E-state index in [9.17, 15) is 0 Å². The van der Waals surface area contributed by atoms with Crippen LogP contribution < -0.4 is 0 Å². The molecule has 0 amide bonds. The van der Waals surface area contributed by atoms with Crippen molar-refractivity contribution in [3.8, 4) is 0 Å². The maximum Gasteiger partial charge on any atom is 0.0281 e. The highest BCUT2D eigenvalue weighted by molar-refractivity contribution is 5.80. The molecule has 0 bridgehead atoms. The van der Waals surface area contributed by atoms with Crippen molar-refractivity contribution in [3.05, 3.63) is 154 Å². The number of aryl methyl sites for hydroxylation is 4. The summed E-state index contributed by atoms with van der Waals surface area (Å²) in [5.74, 6) is 0.429. The third kappa shape index (κ3) is 5.60. The third-order valence-electron chi connectivity index (χ3n) is 7.41. The van der Waals surface area contributed by atoms with E-state index in [1.165, 1.54) is 55.7 Å². The van der Waals surface area contributed by atoms with Gasteiger partial charge in [0, 0.05) is 5.92 Å². The van der Waals surface area contributed by atoms with Gasteiger partial charge in [-0.15, -0.1) is 0 Å². The molecule has 4 rings (SSSR count). The highest BCUT2D eigenvalue weighted by Gasteiger charge is 2.21. The molecule has 0 heteroatoms. The zero-order valence-corrected chi connectivity index (χ0v) is 22.5. The second-order valence-electron chi connectivity index (χ2n) is 10.1. The van der Waals surface area contributed by atoms with E-state index in [0.717, 1.165) is 0 Å². The first kappa shape index (κ1) is 25.5. The fourth-order valence-electron chi connectivity index (χ4n) is 5.35. The van der Waals surface area contributed by atoms with Gasteiger partial charge in [0.2, 0.25) is 0 Å². The molecule has 2 unspecified atom stereocenters. The Balaban J connectivity index is 1.97. The van der Waals surface area contributed by atoms with Crippen LogP contribution >= 0.6 is 0 Å². The van der Waals surface area contributed by atoms with Gasteiger partial charge >= 0.3 is 0 Å². The second kappa shape index (κ2) is 11.4. The smallest absolute Gasteiger partial charge is 0.0281 e. The molecule has 0 spiro atoms. The van der Waals surface area contributed by atoms with Crippen LogP contribution in [-0.4, -0.2) is 0 Å². The normalized spacial score (nSPS) is 13.9. The molecule has 0 N–H and O–H groups in total. The van der Waals surface area contributed by atoms with Crippen LogP contribution in [0.3, 0.4) is 0 Å². The van der Waals surface area contributed by atoms with E-state index >= 15 is 0 Å². The van der Waals surface area contributed by atoms with E-state index in [1.807, 2.05) is 0 Å². The Morgan fingerprint density at radius 1 is 0.528 bits per heavy atom. The minimum atomic E-state index is 0.137. The summed E-state index contributed by atoms with van der Waals surface area (Å²) in [6.45, 7) is 13.5. The van der Waals surface area contributed by atoms with E-state index in [0.29, 0.717) is 5.92 Å². The van der Waals surface area contributed by atoms with Gasteiger partial charge in [-0.1, -0.05) is 116 Å². The summed E-state index contributed by atoms with van der Waals surface area (Å²) in [5.41, 5.74) is 13.3. The summed E-state index contributed by atoms with van der Waals surface area (Å²) in [6.07, 6.45) is 4.98. The molecule has 0 nitrogen and oxygen atoms in total. The SMILES string of the molecule is CC(=CC(C(=CC(C)c1ccccc1C)c1ccccc1C)c1ccccc1C)c1ccccc1C. The highest BCUT2D eigenvalue weighted by Crippen LogP contribution is 2.40. The van der Waals surface area contributed by atoms with E-state index in [1.54, 1.807) is 0 Å². The topological polar surface area (TPSA) is 0 Å². The van der Waals surface area contributed by atoms with Crippen molar-refractivity contribution < 1.29 is 0 Å². The number of hydrogen-bond acceptors (Lipinski definition) is 0. The Hall–Kier alpha value is -3.64. The molecule has 182 valence electrons. The van der Waals surface area contributed by atoms with Gasteiger partial charge in [0.25, 0.3) is 0 Å². The zero-order chi connectivity index (χ0) is 25.7. The highest BCUT2D eigenvalue weighted by atomic mass is 14.3. The van der Waals surface area contributed by atoms with E-state index in [-0.39, 0.29) is 5.92 Å². The molecule has 0 aromatic heterocycles. The molecule has 0 radical (unpaired) electrons. The van der Waals surface area contributed by atoms with Gasteiger partial charge in [-0.3, -0.25) is 0 Å². The lowest BCUT2D eigenvalue weighted by Crippen LogP contribution is -2.06. The Morgan fingerprint density at radius 3 is 1.50 bits per heavy atom. The van der Waals surface area contributed by atoms with E-state index < -0.39 is 0 Å². The van der Waals surface area contributed by atoms with Crippen molar-refractivity contribution in [1.82, 2.24) is 0 Å².